The first-order chi connectivity index (χ1) is 6.25. The van der Waals surface area contributed by atoms with Gasteiger partial charge in [0.25, 0.3) is 0 Å². The topological polar surface area (TPSA) is 29.1 Å². The standard InChI is InChI=1S/C10H18ClNO/c1-8-7-9(8)10(13)12-6-4-2-3-5-11/h8-9H,2-7H2,1H3,(H,12,13). The second kappa shape index (κ2) is 5.48. The average molecular weight is 204 g/mol. The second-order valence-corrected chi connectivity index (χ2v) is 4.24. The highest BCUT2D eigenvalue weighted by atomic mass is 35.5. The molecular weight excluding hydrogens is 186 g/mol. The number of amides is 1. The number of halogens is 1. The lowest BCUT2D eigenvalue weighted by Crippen LogP contribution is -2.26. The van der Waals surface area contributed by atoms with Crippen molar-refractivity contribution in [2.45, 2.75) is 32.6 Å². The Labute approximate surface area is 85.0 Å². The third-order valence-corrected chi connectivity index (χ3v) is 2.82. The molecule has 1 aliphatic carbocycles. The van der Waals surface area contributed by atoms with E-state index >= 15 is 0 Å². The minimum Gasteiger partial charge on any atom is -0.356 e. The summed E-state index contributed by atoms with van der Waals surface area (Å²) in [5.41, 5.74) is 0. The molecule has 0 saturated heterocycles. The maximum absolute atomic E-state index is 11.3. The van der Waals surface area contributed by atoms with Crippen molar-refractivity contribution in [3.63, 3.8) is 0 Å². The summed E-state index contributed by atoms with van der Waals surface area (Å²) in [5.74, 6) is 1.90. The fourth-order valence-corrected chi connectivity index (χ4v) is 1.62. The van der Waals surface area contributed by atoms with Crippen molar-refractivity contribution in [2.24, 2.45) is 11.8 Å². The Morgan fingerprint density at radius 1 is 1.46 bits per heavy atom. The van der Waals surface area contributed by atoms with Gasteiger partial charge in [0.1, 0.15) is 0 Å². The van der Waals surface area contributed by atoms with Crippen LogP contribution in [0.2, 0.25) is 0 Å². The molecule has 2 atom stereocenters. The van der Waals surface area contributed by atoms with Crippen LogP contribution < -0.4 is 5.32 Å². The summed E-state index contributed by atoms with van der Waals surface area (Å²) >= 11 is 5.54. The van der Waals surface area contributed by atoms with Crippen molar-refractivity contribution in [3.8, 4) is 0 Å². The molecule has 0 aliphatic heterocycles. The summed E-state index contributed by atoms with van der Waals surface area (Å²) in [7, 11) is 0. The molecular formula is C10H18ClNO. The van der Waals surface area contributed by atoms with Crippen molar-refractivity contribution < 1.29 is 4.79 Å². The van der Waals surface area contributed by atoms with Crippen LogP contribution in [0.15, 0.2) is 0 Å². The van der Waals surface area contributed by atoms with Crippen LogP contribution >= 0.6 is 11.6 Å². The van der Waals surface area contributed by atoms with E-state index in [-0.39, 0.29) is 5.91 Å². The van der Waals surface area contributed by atoms with E-state index in [2.05, 4.69) is 12.2 Å². The zero-order chi connectivity index (χ0) is 9.68. The van der Waals surface area contributed by atoms with Gasteiger partial charge in [-0.3, -0.25) is 4.79 Å². The molecule has 1 aliphatic rings. The van der Waals surface area contributed by atoms with Crippen LogP contribution in [0.1, 0.15) is 32.6 Å². The lowest BCUT2D eigenvalue weighted by Gasteiger charge is -2.03. The van der Waals surface area contributed by atoms with Gasteiger partial charge in [0, 0.05) is 18.3 Å². The third-order valence-electron chi connectivity index (χ3n) is 2.56. The highest BCUT2D eigenvalue weighted by Crippen LogP contribution is 2.37. The predicted octanol–water partition coefficient (Wildman–Crippen LogP) is 2.17. The third kappa shape index (κ3) is 3.99. The summed E-state index contributed by atoms with van der Waals surface area (Å²) in [6, 6.07) is 0. The lowest BCUT2D eigenvalue weighted by atomic mass is 10.2. The van der Waals surface area contributed by atoms with Crippen LogP contribution in [0.3, 0.4) is 0 Å². The first-order valence-corrected chi connectivity index (χ1v) is 5.63. The van der Waals surface area contributed by atoms with Gasteiger partial charge in [-0.2, -0.15) is 0 Å². The zero-order valence-electron chi connectivity index (χ0n) is 8.18. The predicted molar refractivity (Wildman–Crippen MR) is 54.9 cm³/mol. The lowest BCUT2D eigenvalue weighted by molar-refractivity contribution is -0.122. The molecule has 1 N–H and O–H groups in total. The van der Waals surface area contributed by atoms with Gasteiger partial charge in [0.05, 0.1) is 0 Å². The molecule has 0 aromatic carbocycles. The maximum atomic E-state index is 11.3. The van der Waals surface area contributed by atoms with Crippen LogP contribution in [0.4, 0.5) is 0 Å². The molecule has 2 nitrogen and oxygen atoms in total. The van der Waals surface area contributed by atoms with E-state index in [0.29, 0.717) is 11.8 Å². The van der Waals surface area contributed by atoms with E-state index in [9.17, 15) is 4.79 Å². The highest BCUT2D eigenvalue weighted by Gasteiger charge is 2.38. The van der Waals surface area contributed by atoms with Crippen LogP contribution in [-0.2, 0) is 4.79 Å². The second-order valence-electron chi connectivity index (χ2n) is 3.86. The monoisotopic (exact) mass is 203 g/mol. The Bertz CT molecular complexity index is 172. The van der Waals surface area contributed by atoms with Crippen LogP contribution in [-0.4, -0.2) is 18.3 Å². The summed E-state index contributed by atoms with van der Waals surface area (Å²) in [4.78, 5) is 11.3. The summed E-state index contributed by atoms with van der Waals surface area (Å²) in [5, 5.41) is 2.95. The number of alkyl halides is 1. The zero-order valence-corrected chi connectivity index (χ0v) is 8.94. The molecule has 1 amide bonds. The molecule has 0 aromatic heterocycles. The van der Waals surface area contributed by atoms with Gasteiger partial charge in [-0.25, -0.2) is 0 Å². The Kier molecular flexibility index (Phi) is 4.57. The molecule has 76 valence electrons. The molecule has 0 bridgehead atoms. The van der Waals surface area contributed by atoms with Gasteiger partial charge in [0.15, 0.2) is 0 Å². The molecule has 0 aromatic rings. The number of nitrogens with one attached hydrogen (secondary N) is 1. The number of carbonyl (C=O) groups excluding carboxylic acids is 1. The van der Waals surface area contributed by atoms with Gasteiger partial charge in [-0.05, 0) is 25.2 Å². The summed E-state index contributed by atoms with van der Waals surface area (Å²) in [6.45, 7) is 2.94. The summed E-state index contributed by atoms with van der Waals surface area (Å²) in [6.07, 6.45) is 4.30. The van der Waals surface area contributed by atoms with Gasteiger partial charge in [-0.1, -0.05) is 13.3 Å². The molecule has 0 spiro atoms. The molecule has 0 heterocycles. The smallest absolute Gasteiger partial charge is 0.223 e. The van der Waals surface area contributed by atoms with Crippen molar-refractivity contribution >= 4 is 17.5 Å². The fraction of sp³-hybridized carbons (Fsp3) is 0.900. The molecule has 13 heavy (non-hydrogen) atoms. The van der Waals surface area contributed by atoms with E-state index < -0.39 is 0 Å². The van der Waals surface area contributed by atoms with E-state index in [1.807, 2.05) is 0 Å². The van der Waals surface area contributed by atoms with Crippen LogP contribution in [0, 0.1) is 11.8 Å². The molecule has 1 rings (SSSR count). The van der Waals surface area contributed by atoms with Crippen LogP contribution in [0.5, 0.6) is 0 Å². The van der Waals surface area contributed by atoms with Gasteiger partial charge in [-0.15, -0.1) is 11.6 Å². The number of carbonyl (C=O) groups is 1. The fourth-order valence-electron chi connectivity index (χ4n) is 1.43. The largest absolute Gasteiger partial charge is 0.356 e. The van der Waals surface area contributed by atoms with Crippen molar-refractivity contribution in [3.05, 3.63) is 0 Å². The molecule has 0 radical (unpaired) electrons. The Hall–Kier alpha value is -0.240. The maximum Gasteiger partial charge on any atom is 0.223 e. The van der Waals surface area contributed by atoms with Crippen molar-refractivity contribution in [1.29, 1.82) is 0 Å². The molecule has 2 unspecified atom stereocenters. The Morgan fingerprint density at radius 2 is 2.15 bits per heavy atom. The molecule has 1 saturated carbocycles. The van der Waals surface area contributed by atoms with Crippen LogP contribution in [0.25, 0.3) is 0 Å². The van der Waals surface area contributed by atoms with E-state index in [1.54, 1.807) is 0 Å². The SMILES string of the molecule is CC1CC1C(=O)NCCCCCCl. The van der Waals surface area contributed by atoms with Gasteiger partial charge >= 0.3 is 0 Å². The highest BCUT2D eigenvalue weighted by molar-refractivity contribution is 6.17. The normalized spacial score (nSPS) is 25.7. The van der Waals surface area contributed by atoms with E-state index in [0.717, 1.165) is 38.1 Å². The Balaban J connectivity index is 1.91. The number of unbranched alkanes of at least 4 members (excludes halogenated alkanes) is 2. The van der Waals surface area contributed by atoms with E-state index in [4.69, 9.17) is 11.6 Å². The first kappa shape index (κ1) is 10.8. The van der Waals surface area contributed by atoms with Gasteiger partial charge in [0.2, 0.25) is 5.91 Å². The minimum absolute atomic E-state index is 0.248. The molecule has 3 heteroatoms. The van der Waals surface area contributed by atoms with Gasteiger partial charge < -0.3 is 5.32 Å². The quantitative estimate of drug-likeness (QED) is 0.520. The Morgan fingerprint density at radius 3 is 2.69 bits per heavy atom. The number of hydrogen-bond donors (Lipinski definition) is 1. The molecule has 1 fully saturated rings. The summed E-state index contributed by atoms with van der Waals surface area (Å²) < 4.78 is 0. The van der Waals surface area contributed by atoms with Crippen molar-refractivity contribution in [2.75, 3.05) is 12.4 Å². The first-order valence-electron chi connectivity index (χ1n) is 5.09. The van der Waals surface area contributed by atoms with E-state index in [1.165, 1.54) is 0 Å². The number of rotatable bonds is 6. The minimum atomic E-state index is 0.248. The average Bonchev–Trinajstić information content (AvgIpc) is 2.82. The number of hydrogen-bond acceptors (Lipinski definition) is 1. The van der Waals surface area contributed by atoms with Crippen molar-refractivity contribution in [1.82, 2.24) is 5.32 Å².